The van der Waals surface area contributed by atoms with Gasteiger partial charge in [-0.15, -0.1) is 0 Å². The molecule has 18 heavy (non-hydrogen) atoms. The first-order valence-electron chi connectivity index (χ1n) is 7.03. The number of nitrogens with zero attached hydrogens (tertiary/aromatic N) is 1. The van der Waals surface area contributed by atoms with Gasteiger partial charge < -0.3 is 10.1 Å². The fourth-order valence-corrected chi connectivity index (χ4v) is 2.71. The second kappa shape index (κ2) is 6.76. The molecular formula is C15H24N2O. The first kappa shape index (κ1) is 13.4. The molecule has 0 aromatic heterocycles. The molecule has 1 atom stereocenters. The maximum Gasteiger partial charge on any atom is 0.124 e. The molecule has 2 rings (SSSR count). The van der Waals surface area contributed by atoms with Gasteiger partial charge in [-0.25, -0.2) is 0 Å². The standard InChI is InChI=1S/C15H24N2O/c1-3-14(17-11-9-16-10-12-17)13-7-5-6-8-15(13)18-4-2/h5-8,14,16H,3-4,9-12H2,1-2H3/t14-/m1/s1. The summed E-state index contributed by atoms with van der Waals surface area (Å²) in [5.74, 6) is 1.05. The van der Waals surface area contributed by atoms with Crippen LogP contribution in [0.15, 0.2) is 24.3 Å². The van der Waals surface area contributed by atoms with Gasteiger partial charge in [0.15, 0.2) is 0 Å². The van der Waals surface area contributed by atoms with E-state index < -0.39 is 0 Å². The van der Waals surface area contributed by atoms with Crippen LogP contribution in [0.3, 0.4) is 0 Å². The molecule has 0 radical (unpaired) electrons. The third-order valence-corrected chi connectivity index (χ3v) is 3.56. The molecule has 0 bridgehead atoms. The highest BCUT2D eigenvalue weighted by Crippen LogP contribution is 2.31. The van der Waals surface area contributed by atoms with Crippen LogP contribution in [0.4, 0.5) is 0 Å². The SMILES string of the molecule is CCOc1ccccc1[C@@H](CC)N1CCNCC1. The highest BCUT2D eigenvalue weighted by Gasteiger charge is 2.22. The molecule has 1 aromatic rings. The maximum atomic E-state index is 5.77. The van der Waals surface area contributed by atoms with Gasteiger partial charge in [0.05, 0.1) is 6.61 Å². The van der Waals surface area contributed by atoms with E-state index in [0.29, 0.717) is 6.04 Å². The quantitative estimate of drug-likeness (QED) is 0.866. The zero-order valence-electron chi connectivity index (χ0n) is 11.5. The van der Waals surface area contributed by atoms with E-state index in [9.17, 15) is 0 Å². The summed E-state index contributed by atoms with van der Waals surface area (Å²) >= 11 is 0. The van der Waals surface area contributed by atoms with Crippen LogP contribution in [-0.4, -0.2) is 37.7 Å². The van der Waals surface area contributed by atoms with Crippen molar-refractivity contribution < 1.29 is 4.74 Å². The average molecular weight is 248 g/mol. The Morgan fingerprint density at radius 2 is 1.94 bits per heavy atom. The molecule has 1 aliphatic rings. The Labute approximate surface area is 110 Å². The summed E-state index contributed by atoms with van der Waals surface area (Å²) in [6, 6.07) is 8.95. The number of para-hydroxylation sites is 1. The number of piperazine rings is 1. The van der Waals surface area contributed by atoms with Crippen LogP contribution in [0, 0.1) is 0 Å². The lowest BCUT2D eigenvalue weighted by molar-refractivity contribution is 0.165. The van der Waals surface area contributed by atoms with E-state index >= 15 is 0 Å². The highest BCUT2D eigenvalue weighted by molar-refractivity contribution is 5.36. The molecule has 1 N–H and O–H groups in total. The molecule has 3 heteroatoms. The van der Waals surface area contributed by atoms with Crippen LogP contribution >= 0.6 is 0 Å². The first-order valence-corrected chi connectivity index (χ1v) is 7.03. The van der Waals surface area contributed by atoms with Crippen molar-refractivity contribution in [1.82, 2.24) is 10.2 Å². The largest absolute Gasteiger partial charge is 0.494 e. The Morgan fingerprint density at radius 3 is 2.61 bits per heavy atom. The summed E-state index contributed by atoms with van der Waals surface area (Å²) in [4.78, 5) is 2.56. The molecule has 3 nitrogen and oxygen atoms in total. The second-order valence-electron chi connectivity index (χ2n) is 4.68. The molecule has 0 saturated carbocycles. The van der Waals surface area contributed by atoms with Gasteiger partial charge in [0, 0.05) is 37.8 Å². The van der Waals surface area contributed by atoms with Crippen molar-refractivity contribution in [3.05, 3.63) is 29.8 Å². The fraction of sp³-hybridized carbons (Fsp3) is 0.600. The Bertz CT molecular complexity index is 361. The zero-order chi connectivity index (χ0) is 12.8. The van der Waals surface area contributed by atoms with Gasteiger partial charge in [0.25, 0.3) is 0 Å². The summed E-state index contributed by atoms with van der Waals surface area (Å²) in [6.07, 6.45) is 1.13. The zero-order valence-corrected chi connectivity index (χ0v) is 11.5. The topological polar surface area (TPSA) is 24.5 Å². The number of rotatable bonds is 5. The Kier molecular flexibility index (Phi) is 5.02. The minimum Gasteiger partial charge on any atom is -0.494 e. The normalized spacial score (nSPS) is 18.6. The van der Waals surface area contributed by atoms with E-state index in [0.717, 1.165) is 45.0 Å². The van der Waals surface area contributed by atoms with Crippen molar-refractivity contribution in [3.63, 3.8) is 0 Å². The van der Waals surface area contributed by atoms with Crippen molar-refractivity contribution in [2.75, 3.05) is 32.8 Å². The molecule has 1 saturated heterocycles. The average Bonchev–Trinajstić information content (AvgIpc) is 2.43. The van der Waals surface area contributed by atoms with Crippen molar-refractivity contribution >= 4 is 0 Å². The van der Waals surface area contributed by atoms with Crippen LogP contribution in [0.2, 0.25) is 0 Å². The molecule has 1 aromatic carbocycles. The number of benzene rings is 1. The predicted octanol–water partition coefficient (Wildman–Crippen LogP) is 2.44. The molecule has 100 valence electrons. The van der Waals surface area contributed by atoms with Crippen LogP contribution in [0.5, 0.6) is 5.75 Å². The minimum atomic E-state index is 0.481. The summed E-state index contributed by atoms with van der Waals surface area (Å²) in [6.45, 7) is 9.46. The third-order valence-electron chi connectivity index (χ3n) is 3.56. The van der Waals surface area contributed by atoms with Gasteiger partial charge in [-0.05, 0) is 19.4 Å². The van der Waals surface area contributed by atoms with Gasteiger partial charge in [0.2, 0.25) is 0 Å². The summed E-state index contributed by atoms with van der Waals surface area (Å²) in [7, 11) is 0. The highest BCUT2D eigenvalue weighted by atomic mass is 16.5. The number of nitrogens with one attached hydrogen (secondary N) is 1. The molecular weight excluding hydrogens is 224 g/mol. The number of hydrogen-bond acceptors (Lipinski definition) is 3. The van der Waals surface area contributed by atoms with E-state index in [1.165, 1.54) is 5.56 Å². The van der Waals surface area contributed by atoms with Crippen molar-refractivity contribution in [1.29, 1.82) is 0 Å². The lowest BCUT2D eigenvalue weighted by Crippen LogP contribution is -2.45. The van der Waals surface area contributed by atoms with Crippen molar-refractivity contribution in [3.8, 4) is 5.75 Å². The molecule has 0 amide bonds. The second-order valence-corrected chi connectivity index (χ2v) is 4.68. The van der Waals surface area contributed by atoms with E-state index in [2.05, 4.69) is 41.4 Å². The molecule has 0 aliphatic carbocycles. The third kappa shape index (κ3) is 3.03. The van der Waals surface area contributed by atoms with Gasteiger partial charge >= 0.3 is 0 Å². The van der Waals surface area contributed by atoms with Crippen LogP contribution in [0.1, 0.15) is 31.9 Å². The Balaban J connectivity index is 2.20. The van der Waals surface area contributed by atoms with E-state index in [4.69, 9.17) is 4.74 Å². The van der Waals surface area contributed by atoms with E-state index in [1.54, 1.807) is 0 Å². The van der Waals surface area contributed by atoms with Crippen LogP contribution < -0.4 is 10.1 Å². The van der Waals surface area contributed by atoms with Crippen LogP contribution in [-0.2, 0) is 0 Å². The van der Waals surface area contributed by atoms with Crippen molar-refractivity contribution in [2.24, 2.45) is 0 Å². The van der Waals surface area contributed by atoms with Crippen LogP contribution in [0.25, 0.3) is 0 Å². The Hall–Kier alpha value is -1.06. The monoisotopic (exact) mass is 248 g/mol. The van der Waals surface area contributed by atoms with Crippen molar-refractivity contribution in [2.45, 2.75) is 26.3 Å². The van der Waals surface area contributed by atoms with Gasteiger partial charge in [-0.1, -0.05) is 25.1 Å². The van der Waals surface area contributed by atoms with Gasteiger partial charge in [0.1, 0.15) is 5.75 Å². The molecule has 1 aliphatic heterocycles. The smallest absolute Gasteiger partial charge is 0.124 e. The predicted molar refractivity (Wildman–Crippen MR) is 75.1 cm³/mol. The van der Waals surface area contributed by atoms with E-state index in [-0.39, 0.29) is 0 Å². The number of ether oxygens (including phenoxy) is 1. The summed E-state index contributed by atoms with van der Waals surface area (Å²) in [5, 5.41) is 3.41. The maximum absolute atomic E-state index is 5.77. The Morgan fingerprint density at radius 1 is 1.22 bits per heavy atom. The summed E-state index contributed by atoms with van der Waals surface area (Å²) in [5.41, 5.74) is 1.34. The fourth-order valence-electron chi connectivity index (χ4n) is 2.71. The number of hydrogen-bond donors (Lipinski definition) is 1. The lowest BCUT2D eigenvalue weighted by atomic mass is 10.0. The van der Waals surface area contributed by atoms with E-state index in [1.807, 2.05) is 6.92 Å². The van der Waals surface area contributed by atoms with Gasteiger partial charge in [-0.3, -0.25) is 4.90 Å². The minimum absolute atomic E-state index is 0.481. The molecule has 0 unspecified atom stereocenters. The lowest BCUT2D eigenvalue weighted by Gasteiger charge is -2.35. The molecule has 1 heterocycles. The molecule has 1 fully saturated rings. The molecule has 0 spiro atoms. The summed E-state index contributed by atoms with van der Waals surface area (Å²) < 4.78 is 5.77. The first-order chi connectivity index (χ1) is 8.86. The van der Waals surface area contributed by atoms with Gasteiger partial charge in [-0.2, -0.15) is 0 Å².